The van der Waals surface area contributed by atoms with Crippen molar-refractivity contribution < 1.29 is 0 Å². The van der Waals surface area contributed by atoms with Gasteiger partial charge in [-0.1, -0.05) is 54.1 Å². The van der Waals surface area contributed by atoms with E-state index < -0.39 is 0 Å². The molecule has 17 heavy (non-hydrogen) atoms. The average molecular weight is 268 g/mol. The van der Waals surface area contributed by atoms with E-state index in [9.17, 15) is 0 Å². The molecule has 2 rings (SSSR count). The molecule has 0 amide bonds. The molecule has 0 unspecified atom stereocenters. The Hall–Kier alpha value is -1.02. The SMILES string of the molecule is Cl.NCCc1ccc(-c2ccccc2Cl)cc1. The van der Waals surface area contributed by atoms with Crippen molar-refractivity contribution in [3.8, 4) is 11.1 Å². The highest BCUT2D eigenvalue weighted by Gasteiger charge is 2.01. The lowest BCUT2D eigenvalue weighted by Crippen LogP contribution is -2.02. The van der Waals surface area contributed by atoms with Crippen LogP contribution in [0.15, 0.2) is 48.5 Å². The third kappa shape index (κ3) is 3.47. The van der Waals surface area contributed by atoms with E-state index in [1.54, 1.807) is 0 Å². The van der Waals surface area contributed by atoms with Crippen molar-refractivity contribution in [2.75, 3.05) is 6.54 Å². The van der Waals surface area contributed by atoms with Crippen LogP contribution in [0.5, 0.6) is 0 Å². The summed E-state index contributed by atoms with van der Waals surface area (Å²) >= 11 is 6.14. The van der Waals surface area contributed by atoms with Crippen LogP contribution in [0, 0.1) is 0 Å². The Balaban J connectivity index is 0.00000144. The molecule has 0 aromatic heterocycles. The van der Waals surface area contributed by atoms with E-state index in [0.717, 1.165) is 22.6 Å². The van der Waals surface area contributed by atoms with Crippen LogP contribution in [0.25, 0.3) is 11.1 Å². The number of benzene rings is 2. The van der Waals surface area contributed by atoms with Crippen LogP contribution in [-0.4, -0.2) is 6.54 Å². The van der Waals surface area contributed by atoms with Crippen molar-refractivity contribution in [1.82, 2.24) is 0 Å². The van der Waals surface area contributed by atoms with Gasteiger partial charge in [0.25, 0.3) is 0 Å². The number of halogens is 2. The van der Waals surface area contributed by atoms with Crippen molar-refractivity contribution in [3.05, 3.63) is 59.1 Å². The minimum absolute atomic E-state index is 0. The molecule has 2 aromatic rings. The predicted molar refractivity (Wildman–Crippen MR) is 76.9 cm³/mol. The molecule has 2 aromatic carbocycles. The molecule has 0 fully saturated rings. The summed E-state index contributed by atoms with van der Waals surface area (Å²) in [5.41, 5.74) is 8.99. The fourth-order valence-electron chi connectivity index (χ4n) is 1.71. The van der Waals surface area contributed by atoms with Gasteiger partial charge in [-0.25, -0.2) is 0 Å². The fraction of sp³-hybridized carbons (Fsp3) is 0.143. The molecule has 0 atom stereocenters. The fourth-order valence-corrected chi connectivity index (χ4v) is 1.96. The summed E-state index contributed by atoms with van der Waals surface area (Å²) in [6.07, 6.45) is 0.919. The Labute approximate surface area is 113 Å². The summed E-state index contributed by atoms with van der Waals surface area (Å²) in [5, 5.41) is 0.786. The second kappa shape index (κ2) is 6.65. The van der Waals surface area contributed by atoms with Crippen LogP contribution in [-0.2, 0) is 6.42 Å². The van der Waals surface area contributed by atoms with Crippen molar-refractivity contribution >= 4 is 24.0 Å². The van der Waals surface area contributed by atoms with Crippen LogP contribution in [0.2, 0.25) is 5.02 Å². The highest BCUT2D eigenvalue weighted by Crippen LogP contribution is 2.27. The molecule has 0 heterocycles. The number of hydrogen-bond donors (Lipinski definition) is 1. The zero-order chi connectivity index (χ0) is 11.4. The molecule has 0 bridgehead atoms. The molecular weight excluding hydrogens is 253 g/mol. The predicted octanol–water partition coefficient (Wildman–Crippen LogP) is 3.93. The molecule has 90 valence electrons. The van der Waals surface area contributed by atoms with Crippen LogP contribution in [0.4, 0.5) is 0 Å². The second-order valence-electron chi connectivity index (χ2n) is 3.72. The Bertz CT molecular complexity index is 466. The third-order valence-electron chi connectivity index (χ3n) is 2.57. The summed E-state index contributed by atoms with van der Waals surface area (Å²) in [6, 6.07) is 16.3. The summed E-state index contributed by atoms with van der Waals surface area (Å²) < 4.78 is 0. The first kappa shape index (κ1) is 14.0. The number of rotatable bonds is 3. The molecule has 0 spiro atoms. The monoisotopic (exact) mass is 267 g/mol. The van der Waals surface area contributed by atoms with Gasteiger partial charge in [0.2, 0.25) is 0 Å². The Morgan fingerprint density at radius 2 is 1.59 bits per heavy atom. The molecular formula is C14H15Cl2N. The maximum Gasteiger partial charge on any atom is 0.0484 e. The highest BCUT2D eigenvalue weighted by molar-refractivity contribution is 6.33. The maximum absolute atomic E-state index is 6.14. The summed E-state index contributed by atoms with van der Waals surface area (Å²) in [4.78, 5) is 0. The van der Waals surface area contributed by atoms with Gasteiger partial charge in [0.1, 0.15) is 0 Å². The minimum Gasteiger partial charge on any atom is -0.330 e. The quantitative estimate of drug-likeness (QED) is 0.896. The first-order valence-corrected chi connectivity index (χ1v) is 5.73. The Kier molecular flexibility index (Phi) is 5.49. The summed E-state index contributed by atoms with van der Waals surface area (Å²) in [5.74, 6) is 0. The largest absolute Gasteiger partial charge is 0.330 e. The lowest BCUT2D eigenvalue weighted by Gasteiger charge is -2.05. The molecule has 0 aliphatic rings. The Morgan fingerprint density at radius 3 is 2.18 bits per heavy atom. The number of nitrogens with two attached hydrogens (primary N) is 1. The standard InChI is InChI=1S/C14H14ClN.ClH/c15-14-4-2-1-3-13(14)12-7-5-11(6-8-12)9-10-16;/h1-8H,9-10,16H2;1H. The third-order valence-corrected chi connectivity index (χ3v) is 2.90. The summed E-state index contributed by atoms with van der Waals surface area (Å²) in [6.45, 7) is 0.686. The van der Waals surface area contributed by atoms with Gasteiger partial charge >= 0.3 is 0 Å². The van der Waals surface area contributed by atoms with Crippen LogP contribution >= 0.6 is 24.0 Å². The lowest BCUT2D eigenvalue weighted by molar-refractivity contribution is 0.969. The first-order chi connectivity index (χ1) is 7.81. The molecule has 2 N–H and O–H groups in total. The van der Waals surface area contributed by atoms with Crippen molar-refractivity contribution in [3.63, 3.8) is 0 Å². The van der Waals surface area contributed by atoms with E-state index in [0.29, 0.717) is 6.54 Å². The van der Waals surface area contributed by atoms with Crippen molar-refractivity contribution in [2.24, 2.45) is 5.73 Å². The molecule has 0 aliphatic heterocycles. The molecule has 3 heteroatoms. The van der Waals surface area contributed by atoms with E-state index in [1.807, 2.05) is 24.3 Å². The van der Waals surface area contributed by atoms with Gasteiger partial charge in [-0.05, 0) is 30.2 Å². The van der Waals surface area contributed by atoms with Crippen LogP contribution in [0.3, 0.4) is 0 Å². The van der Waals surface area contributed by atoms with E-state index in [4.69, 9.17) is 17.3 Å². The van der Waals surface area contributed by atoms with Gasteiger partial charge in [-0.15, -0.1) is 12.4 Å². The normalized spacial score (nSPS) is 9.76. The second-order valence-corrected chi connectivity index (χ2v) is 4.12. The van der Waals surface area contributed by atoms with Crippen molar-refractivity contribution in [2.45, 2.75) is 6.42 Å². The van der Waals surface area contributed by atoms with Gasteiger partial charge in [0.05, 0.1) is 0 Å². The minimum atomic E-state index is 0. The van der Waals surface area contributed by atoms with E-state index in [1.165, 1.54) is 5.56 Å². The maximum atomic E-state index is 6.14. The van der Waals surface area contributed by atoms with Crippen LogP contribution < -0.4 is 5.73 Å². The van der Waals surface area contributed by atoms with E-state index >= 15 is 0 Å². The zero-order valence-corrected chi connectivity index (χ0v) is 11.0. The number of hydrogen-bond acceptors (Lipinski definition) is 1. The van der Waals surface area contributed by atoms with Crippen molar-refractivity contribution in [1.29, 1.82) is 0 Å². The topological polar surface area (TPSA) is 26.0 Å². The van der Waals surface area contributed by atoms with Crippen LogP contribution in [0.1, 0.15) is 5.56 Å². The van der Waals surface area contributed by atoms with Gasteiger partial charge in [0, 0.05) is 10.6 Å². The molecule has 0 radical (unpaired) electrons. The Morgan fingerprint density at radius 1 is 0.941 bits per heavy atom. The van der Waals surface area contributed by atoms with Gasteiger partial charge in [0.15, 0.2) is 0 Å². The summed E-state index contributed by atoms with van der Waals surface area (Å²) in [7, 11) is 0. The molecule has 0 saturated carbocycles. The molecule has 1 nitrogen and oxygen atoms in total. The molecule has 0 aliphatic carbocycles. The van der Waals surface area contributed by atoms with E-state index in [-0.39, 0.29) is 12.4 Å². The lowest BCUT2D eigenvalue weighted by atomic mass is 10.0. The average Bonchev–Trinajstić information content (AvgIpc) is 2.31. The van der Waals surface area contributed by atoms with Gasteiger partial charge in [-0.3, -0.25) is 0 Å². The zero-order valence-electron chi connectivity index (χ0n) is 9.40. The van der Waals surface area contributed by atoms with E-state index in [2.05, 4.69) is 24.3 Å². The van der Waals surface area contributed by atoms with Gasteiger partial charge in [-0.2, -0.15) is 0 Å². The van der Waals surface area contributed by atoms with Gasteiger partial charge < -0.3 is 5.73 Å². The smallest absolute Gasteiger partial charge is 0.0484 e. The first-order valence-electron chi connectivity index (χ1n) is 5.35. The highest BCUT2D eigenvalue weighted by atomic mass is 35.5. The molecule has 0 saturated heterocycles.